The van der Waals surface area contributed by atoms with Gasteiger partial charge in [0.1, 0.15) is 11.6 Å². The zero-order chi connectivity index (χ0) is 16.9. The molecule has 3 rings (SSSR count). The number of pyridine rings is 1. The quantitative estimate of drug-likeness (QED) is 0.870. The molecule has 0 unspecified atom stereocenters. The highest BCUT2D eigenvalue weighted by atomic mass is 16.1. The number of aliphatic imine (C=N–C) groups is 1. The summed E-state index contributed by atoms with van der Waals surface area (Å²) in [6.45, 7) is 5.66. The lowest BCUT2D eigenvalue weighted by Crippen LogP contribution is -2.22. The van der Waals surface area contributed by atoms with Crippen LogP contribution in [0, 0.1) is 0 Å². The summed E-state index contributed by atoms with van der Waals surface area (Å²) < 4.78 is 0. The van der Waals surface area contributed by atoms with Gasteiger partial charge in [-0.15, -0.1) is 0 Å². The molecule has 1 aliphatic heterocycles. The van der Waals surface area contributed by atoms with E-state index in [1.807, 2.05) is 30.5 Å². The van der Waals surface area contributed by atoms with E-state index < -0.39 is 0 Å². The topological polar surface area (TPSA) is 54.4 Å². The lowest BCUT2D eigenvalue weighted by molar-refractivity contribution is -0.118. The first-order chi connectivity index (χ1) is 11.7. The molecular weight excluding hydrogens is 310 g/mol. The van der Waals surface area contributed by atoms with Crippen LogP contribution in [0.5, 0.6) is 0 Å². The van der Waals surface area contributed by atoms with E-state index in [-0.39, 0.29) is 19.1 Å². The zero-order valence-electron chi connectivity index (χ0n) is 14.2. The van der Waals surface area contributed by atoms with Gasteiger partial charge in [0.05, 0.1) is 6.54 Å². The Morgan fingerprint density at radius 2 is 2.04 bits per heavy atom. The van der Waals surface area contributed by atoms with E-state index in [2.05, 4.69) is 41.3 Å². The summed E-state index contributed by atoms with van der Waals surface area (Å²) in [5, 5.41) is 3.25. The second kappa shape index (κ2) is 8.56. The van der Waals surface area contributed by atoms with Gasteiger partial charge in [0.2, 0.25) is 0 Å². The number of amidine groups is 1. The molecule has 1 aliphatic rings. The summed E-state index contributed by atoms with van der Waals surface area (Å²) in [6, 6.07) is 12.2. The molecule has 0 amide bonds. The van der Waals surface area contributed by atoms with Crippen LogP contribution in [0.3, 0.4) is 0 Å². The van der Waals surface area contributed by atoms with E-state index >= 15 is 0 Å². The Balaban J connectivity index is 0.00000225. The van der Waals surface area contributed by atoms with Crippen molar-refractivity contribution < 1.29 is 4.79 Å². The van der Waals surface area contributed by atoms with Crippen LogP contribution in [-0.2, 0) is 17.8 Å². The molecule has 0 radical (unpaired) electrons. The van der Waals surface area contributed by atoms with Crippen molar-refractivity contribution in [1.82, 2.24) is 10.3 Å². The number of aromatic nitrogens is 1. The smallest absolute Gasteiger partial charge is 0.139 e. The molecule has 0 saturated carbocycles. The van der Waals surface area contributed by atoms with Gasteiger partial charge in [0, 0.05) is 36.8 Å². The monoisotopic (exact) mass is 337 g/mol. The molecule has 4 heteroatoms. The highest BCUT2D eigenvalue weighted by molar-refractivity contribution is 6.01. The minimum atomic E-state index is 0. The fourth-order valence-corrected chi connectivity index (χ4v) is 3.07. The average molecular weight is 337 g/mol. The van der Waals surface area contributed by atoms with Gasteiger partial charge in [-0.05, 0) is 30.0 Å². The third-order valence-electron chi connectivity index (χ3n) is 4.33. The number of nitrogens with one attached hydrogen (secondary N) is 1. The van der Waals surface area contributed by atoms with Crippen molar-refractivity contribution in [3.8, 4) is 0 Å². The number of carbonyl (C=O) groups excluding carboxylic acids is 1. The first-order valence-corrected chi connectivity index (χ1v) is 8.50. The second-order valence-electron chi connectivity index (χ2n) is 6.26. The number of ketones is 1. The molecule has 0 bridgehead atoms. The van der Waals surface area contributed by atoms with Gasteiger partial charge in [0.25, 0.3) is 0 Å². The molecule has 132 valence electrons. The second-order valence-corrected chi connectivity index (χ2v) is 6.26. The third kappa shape index (κ3) is 4.53. The van der Waals surface area contributed by atoms with Crippen LogP contribution in [-0.4, -0.2) is 23.1 Å². The number of Topliss-reactive ketones (excluding diaryl/α,β-unsaturated/α-hetero) is 1. The van der Waals surface area contributed by atoms with Gasteiger partial charge in [-0.2, -0.15) is 0 Å². The lowest BCUT2D eigenvalue weighted by Gasteiger charge is -2.11. The maximum atomic E-state index is 12.4. The molecule has 1 aromatic carbocycles. The maximum Gasteiger partial charge on any atom is 0.139 e. The first-order valence-electron chi connectivity index (χ1n) is 8.50. The molecule has 1 aromatic heterocycles. The Morgan fingerprint density at radius 1 is 1.28 bits per heavy atom. The summed E-state index contributed by atoms with van der Waals surface area (Å²) >= 11 is 0. The van der Waals surface area contributed by atoms with Crippen LogP contribution in [0.2, 0.25) is 0 Å². The highest BCUT2D eigenvalue weighted by Crippen LogP contribution is 2.21. The molecule has 1 N–H and O–H groups in total. The van der Waals surface area contributed by atoms with E-state index in [9.17, 15) is 4.79 Å². The maximum absolute atomic E-state index is 12.4. The normalized spacial score (nSPS) is 13.4. The summed E-state index contributed by atoms with van der Waals surface area (Å²) in [5.74, 6) is 1.37. The average Bonchev–Trinajstić information content (AvgIpc) is 2.98. The van der Waals surface area contributed by atoms with Crippen LogP contribution < -0.4 is 5.32 Å². The van der Waals surface area contributed by atoms with Gasteiger partial charge >= 0.3 is 0 Å². The lowest BCUT2D eigenvalue weighted by atomic mass is 9.94. The van der Waals surface area contributed by atoms with E-state index in [0.717, 1.165) is 29.2 Å². The minimum Gasteiger partial charge on any atom is -0.370 e. The van der Waals surface area contributed by atoms with Crippen LogP contribution in [0.4, 0.5) is 0 Å². The summed E-state index contributed by atoms with van der Waals surface area (Å²) in [6.07, 6.45) is 2.77. The third-order valence-corrected chi connectivity index (χ3v) is 4.33. The Morgan fingerprint density at radius 3 is 2.76 bits per heavy atom. The van der Waals surface area contributed by atoms with Gasteiger partial charge < -0.3 is 5.32 Å². The van der Waals surface area contributed by atoms with Crippen molar-refractivity contribution >= 4 is 11.6 Å². The van der Waals surface area contributed by atoms with Crippen molar-refractivity contribution in [2.45, 2.75) is 46.6 Å². The largest absolute Gasteiger partial charge is 0.370 e. The fourth-order valence-electron chi connectivity index (χ4n) is 3.07. The Kier molecular flexibility index (Phi) is 6.45. The molecule has 4 nitrogen and oxygen atoms in total. The van der Waals surface area contributed by atoms with Crippen LogP contribution in [0.1, 0.15) is 56.0 Å². The van der Waals surface area contributed by atoms with Crippen LogP contribution >= 0.6 is 0 Å². The molecule has 0 aliphatic carbocycles. The van der Waals surface area contributed by atoms with Crippen molar-refractivity contribution in [2.75, 3.05) is 6.54 Å². The molecule has 2 heterocycles. The van der Waals surface area contributed by atoms with Gasteiger partial charge in [-0.25, -0.2) is 0 Å². The van der Waals surface area contributed by atoms with E-state index in [4.69, 9.17) is 0 Å². The summed E-state index contributed by atoms with van der Waals surface area (Å²) in [5.41, 5.74) is 4.26. The number of hydrogen-bond donors (Lipinski definition) is 1. The number of benzene rings is 1. The van der Waals surface area contributed by atoms with Crippen molar-refractivity contribution in [2.24, 2.45) is 4.99 Å². The molecule has 0 saturated heterocycles. The van der Waals surface area contributed by atoms with Crippen molar-refractivity contribution in [3.63, 3.8) is 0 Å². The van der Waals surface area contributed by atoms with Crippen LogP contribution in [0.15, 0.2) is 47.6 Å². The molecule has 25 heavy (non-hydrogen) atoms. The van der Waals surface area contributed by atoms with Gasteiger partial charge in [0.15, 0.2) is 0 Å². The SMILES string of the molecule is C.CCNC1=NCc2cc(CC(=O)C[C@H](C)c3ccccc3)ncc21. The summed E-state index contributed by atoms with van der Waals surface area (Å²) in [7, 11) is 0. The predicted molar refractivity (Wildman–Crippen MR) is 103 cm³/mol. The summed E-state index contributed by atoms with van der Waals surface area (Å²) in [4.78, 5) is 21.3. The Labute approximate surface area is 150 Å². The Hall–Kier alpha value is -2.49. The fraction of sp³-hybridized carbons (Fsp3) is 0.381. The Bertz CT molecular complexity index is 753. The standard InChI is InChI=1S/C20H23N3O.CH4/c1-3-21-20-19-13-22-17(10-16(19)12-23-20)11-18(24)9-14(2)15-7-5-4-6-8-15;/h4-8,10,13-14H,3,9,11-12H2,1-2H3,(H,21,23);1H4/t14-;/m0./s1. The number of hydrogen-bond acceptors (Lipinski definition) is 4. The molecule has 0 fully saturated rings. The van der Waals surface area contributed by atoms with E-state index in [1.165, 1.54) is 5.56 Å². The van der Waals surface area contributed by atoms with E-state index in [0.29, 0.717) is 19.4 Å². The van der Waals surface area contributed by atoms with Crippen molar-refractivity contribution in [1.29, 1.82) is 0 Å². The van der Waals surface area contributed by atoms with Gasteiger partial charge in [-0.3, -0.25) is 14.8 Å². The predicted octanol–water partition coefficient (Wildman–Crippen LogP) is 3.89. The van der Waals surface area contributed by atoms with E-state index in [1.54, 1.807) is 0 Å². The number of fused-ring (bicyclic) bond motifs is 1. The molecule has 1 atom stereocenters. The molecule has 0 spiro atoms. The number of rotatable bonds is 6. The zero-order valence-corrected chi connectivity index (χ0v) is 14.2. The first kappa shape index (κ1) is 18.8. The molecule has 2 aromatic rings. The number of carbonyl (C=O) groups is 1. The minimum absolute atomic E-state index is 0. The number of nitrogens with zero attached hydrogens (tertiary/aromatic N) is 2. The highest BCUT2D eigenvalue weighted by Gasteiger charge is 2.18. The molecular formula is C21H27N3O. The van der Waals surface area contributed by atoms with Gasteiger partial charge in [-0.1, -0.05) is 44.7 Å². The van der Waals surface area contributed by atoms with Crippen LogP contribution in [0.25, 0.3) is 0 Å². The van der Waals surface area contributed by atoms with Crippen molar-refractivity contribution in [3.05, 3.63) is 65.0 Å².